The SMILES string of the molecule is CCN1CCN(CCCc2ccc(Nc3nc(-c4cncc(OC)n4)cc4cc[nH]c(=O)c34)cc2)CC1. The fraction of sp³-hybridized carbons (Fsp3) is 0.357. The largest absolute Gasteiger partial charge is 0.480 e. The van der Waals surface area contributed by atoms with Crippen LogP contribution in [0.3, 0.4) is 0 Å². The van der Waals surface area contributed by atoms with E-state index in [0.29, 0.717) is 28.5 Å². The van der Waals surface area contributed by atoms with Crippen LogP contribution in [0.4, 0.5) is 11.5 Å². The lowest BCUT2D eigenvalue weighted by Gasteiger charge is -2.34. The zero-order chi connectivity index (χ0) is 25.6. The molecule has 3 aromatic heterocycles. The number of piperazine rings is 1. The van der Waals surface area contributed by atoms with Crippen molar-refractivity contribution in [3.05, 3.63) is 70.9 Å². The fourth-order valence-electron chi connectivity index (χ4n) is 4.73. The highest BCUT2D eigenvalue weighted by atomic mass is 16.5. The van der Waals surface area contributed by atoms with E-state index in [4.69, 9.17) is 9.72 Å². The molecule has 9 heteroatoms. The molecule has 37 heavy (non-hydrogen) atoms. The van der Waals surface area contributed by atoms with Crippen LogP contribution in [-0.2, 0) is 6.42 Å². The van der Waals surface area contributed by atoms with Crippen LogP contribution in [-0.4, -0.2) is 76.1 Å². The first-order valence-corrected chi connectivity index (χ1v) is 12.8. The Kier molecular flexibility index (Phi) is 7.72. The summed E-state index contributed by atoms with van der Waals surface area (Å²) in [5.74, 6) is 0.872. The molecule has 1 aliphatic heterocycles. The Labute approximate surface area is 216 Å². The van der Waals surface area contributed by atoms with E-state index in [1.165, 1.54) is 18.7 Å². The molecule has 4 aromatic rings. The molecule has 0 atom stereocenters. The molecule has 0 aliphatic carbocycles. The molecule has 1 saturated heterocycles. The van der Waals surface area contributed by atoms with Crippen LogP contribution in [0, 0.1) is 0 Å². The van der Waals surface area contributed by atoms with Gasteiger partial charge in [-0.2, -0.15) is 0 Å². The lowest BCUT2D eigenvalue weighted by atomic mass is 10.1. The van der Waals surface area contributed by atoms with Gasteiger partial charge in [0.15, 0.2) is 0 Å². The van der Waals surface area contributed by atoms with Gasteiger partial charge in [0.05, 0.1) is 30.6 Å². The number of hydrogen-bond donors (Lipinski definition) is 2. The second kappa shape index (κ2) is 11.5. The Bertz CT molecular complexity index is 1400. The van der Waals surface area contributed by atoms with Crippen molar-refractivity contribution in [1.29, 1.82) is 0 Å². The van der Waals surface area contributed by atoms with Crippen LogP contribution in [0.2, 0.25) is 0 Å². The Morgan fingerprint density at radius 3 is 2.54 bits per heavy atom. The summed E-state index contributed by atoms with van der Waals surface area (Å²) < 4.78 is 5.21. The molecule has 0 spiro atoms. The first-order valence-electron chi connectivity index (χ1n) is 12.8. The van der Waals surface area contributed by atoms with Crippen LogP contribution in [0.5, 0.6) is 5.88 Å². The van der Waals surface area contributed by atoms with Crippen LogP contribution in [0.1, 0.15) is 18.9 Å². The lowest BCUT2D eigenvalue weighted by molar-refractivity contribution is 0.136. The van der Waals surface area contributed by atoms with E-state index in [2.05, 4.69) is 49.1 Å². The minimum Gasteiger partial charge on any atom is -0.480 e. The Morgan fingerprint density at radius 1 is 1.00 bits per heavy atom. The summed E-state index contributed by atoms with van der Waals surface area (Å²) in [5.41, 5.74) is 3.13. The number of nitrogens with one attached hydrogen (secondary N) is 2. The molecule has 4 heterocycles. The van der Waals surface area contributed by atoms with Gasteiger partial charge in [0.1, 0.15) is 11.5 Å². The van der Waals surface area contributed by atoms with E-state index in [-0.39, 0.29) is 5.56 Å². The molecule has 1 aromatic carbocycles. The highest BCUT2D eigenvalue weighted by Crippen LogP contribution is 2.27. The zero-order valence-electron chi connectivity index (χ0n) is 21.4. The van der Waals surface area contributed by atoms with Gasteiger partial charge in [-0.3, -0.25) is 9.78 Å². The monoisotopic (exact) mass is 499 g/mol. The van der Waals surface area contributed by atoms with Crippen molar-refractivity contribution in [2.45, 2.75) is 19.8 Å². The predicted octanol–water partition coefficient (Wildman–Crippen LogP) is 3.70. The van der Waals surface area contributed by atoms with Crippen molar-refractivity contribution < 1.29 is 4.74 Å². The second-order valence-corrected chi connectivity index (χ2v) is 9.28. The first-order chi connectivity index (χ1) is 18.1. The van der Waals surface area contributed by atoms with Gasteiger partial charge in [0, 0.05) is 38.1 Å². The quantitative estimate of drug-likeness (QED) is 0.360. The number of hydrogen-bond acceptors (Lipinski definition) is 8. The summed E-state index contributed by atoms with van der Waals surface area (Å²) in [5, 5.41) is 4.60. The van der Waals surface area contributed by atoms with Crippen molar-refractivity contribution in [1.82, 2.24) is 29.7 Å². The number of methoxy groups -OCH3 is 1. The number of aryl methyl sites for hydroxylation is 1. The standard InChI is InChI=1S/C28H33N7O2/c1-3-34-13-15-35(16-14-34)12-4-5-20-6-8-22(9-7-20)31-27-26-21(10-11-30-28(26)36)17-23(33-27)24-18-29-19-25(32-24)37-2/h6-11,17-19H,3-5,12-16H2,1-2H3,(H,30,36)(H,31,33). The number of pyridine rings is 2. The molecule has 0 unspecified atom stereocenters. The molecular weight excluding hydrogens is 466 g/mol. The van der Waals surface area contributed by atoms with Gasteiger partial charge in [-0.15, -0.1) is 0 Å². The minimum atomic E-state index is -0.202. The smallest absolute Gasteiger partial charge is 0.259 e. The highest BCUT2D eigenvalue weighted by Gasteiger charge is 2.15. The van der Waals surface area contributed by atoms with Crippen molar-refractivity contribution in [2.24, 2.45) is 0 Å². The van der Waals surface area contributed by atoms with Crippen LogP contribution in [0.25, 0.3) is 22.2 Å². The van der Waals surface area contributed by atoms with Gasteiger partial charge >= 0.3 is 0 Å². The van der Waals surface area contributed by atoms with E-state index in [1.54, 1.807) is 25.7 Å². The normalized spacial score (nSPS) is 14.6. The average molecular weight is 500 g/mol. The van der Waals surface area contributed by atoms with Gasteiger partial charge in [-0.25, -0.2) is 9.97 Å². The zero-order valence-corrected chi connectivity index (χ0v) is 21.4. The molecule has 1 fully saturated rings. The Balaban J connectivity index is 1.30. The van der Waals surface area contributed by atoms with E-state index < -0.39 is 0 Å². The van der Waals surface area contributed by atoms with Crippen molar-refractivity contribution in [3.8, 4) is 17.3 Å². The summed E-state index contributed by atoms with van der Waals surface area (Å²) >= 11 is 0. The number of benzene rings is 1. The summed E-state index contributed by atoms with van der Waals surface area (Å²) in [6, 6.07) is 12.1. The van der Waals surface area contributed by atoms with E-state index in [1.807, 2.05) is 24.3 Å². The molecule has 9 nitrogen and oxygen atoms in total. The van der Waals surface area contributed by atoms with Gasteiger partial charge in [-0.05, 0) is 61.1 Å². The number of fused-ring (bicyclic) bond motifs is 1. The maximum absolute atomic E-state index is 12.7. The number of nitrogens with zero attached hydrogens (tertiary/aromatic N) is 5. The summed E-state index contributed by atoms with van der Waals surface area (Å²) in [4.78, 5) is 33.9. The number of anilines is 2. The van der Waals surface area contributed by atoms with Crippen LogP contribution < -0.4 is 15.6 Å². The van der Waals surface area contributed by atoms with Gasteiger partial charge in [0.2, 0.25) is 5.88 Å². The molecule has 1 aliphatic rings. The number of likely N-dealkylation sites (N-methyl/N-ethyl adjacent to an activating group) is 1. The lowest BCUT2D eigenvalue weighted by Crippen LogP contribution is -2.46. The average Bonchev–Trinajstić information content (AvgIpc) is 2.94. The first kappa shape index (κ1) is 24.9. The number of aromatic nitrogens is 4. The second-order valence-electron chi connectivity index (χ2n) is 9.28. The third-order valence-corrected chi connectivity index (χ3v) is 6.91. The molecule has 192 valence electrons. The van der Waals surface area contributed by atoms with Crippen molar-refractivity contribution in [3.63, 3.8) is 0 Å². The molecular formula is C28H33N7O2. The minimum absolute atomic E-state index is 0.202. The molecule has 0 saturated carbocycles. The Morgan fingerprint density at radius 2 is 1.78 bits per heavy atom. The maximum Gasteiger partial charge on any atom is 0.259 e. The van der Waals surface area contributed by atoms with Crippen LogP contribution >= 0.6 is 0 Å². The molecule has 0 radical (unpaired) electrons. The van der Waals surface area contributed by atoms with Crippen LogP contribution in [0.15, 0.2) is 59.8 Å². The summed E-state index contributed by atoms with van der Waals surface area (Å²) in [7, 11) is 1.55. The predicted molar refractivity (Wildman–Crippen MR) is 147 cm³/mol. The van der Waals surface area contributed by atoms with E-state index in [0.717, 1.165) is 50.1 Å². The number of rotatable bonds is 9. The maximum atomic E-state index is 12.7. The molecule has 0 amide bonds. The molecule has 5 rings (SSSR count). The van der Waals surface area contributed by atoms with Crippen molar-refractivity contribution >= 4 is 22.3 Å². The third kappa shape index (κ3) is 5.95. The van der Waals surface area contributed by atoms with Gasteiger partial charge < -0.3 is 24.8 Å². The highest BCUT2D eigenvalue weighted by molar-refractivity contribution is 5.94. The number of H-pyrrole nitrogens is 1. The molecule has 2 N–H and O–H groups in total. The van der Waals surface area contributed by atoms with E-state index in [9.17, 15) is 4.79 Å². The summed E-state index contributed by atoms with van der Waals surface area (Å²) in [6.07, 6.45) is 6.99. The topological polar surface area (TPSA) is 99.3 Å². The number of ether oxygens (including phenoxy) is 1. The third-order valence-electron chi connectivity index (χ3n) is 6.91. The van der Waals surface area contributed by atoms with Gasteiger partial charge in [0.25, 0.3) is 5.56 Å². The number of aromatic amines is 1. The Hall–Kier alpha value is -3.82. The van der Waals surface area contributed by atoms with E-state index >= 15 is 0 Å². The molecule has 0 bridgehead atoms. The fourth-order valence-corrected chi connectivity index (χ4v) is 4.73. The van der Waals surface area contributed by atoms with Crippen molar-refractivity contribution in [2.75, 3.05) is 51.7 Å². The summed E-state index contributed by atoms with van der Waals surface area (Å²) in [6.45, 7) is 9.19. The van der Waals surface area contributed by atoms with Gasteiger partial charge in [-0.1, -0.05) is 19.1 Å².